The zero-order valence-electron chi connectivity index (χ0n) is 18.3. The van der Waals surface area contributed by atoms with E-state index in [1.807, 2.05) is 50.4 Å². The molecule has 1 amide bonds. The molecule has 30 heavy (non-hydrogen) atoms. The summed E-state index contributed by atoms with van der Waals surface area (Å²) in [6.45, 7) is 9.36. The van der Waals surface area contributed by atoms with Gasteiger partial charge in [-0.1, -0.05) is 49.7 Å². The summed E-state index contributed by atoms with van der Waals surface area (Å²) >= 11 is 0. The van der Waals surface area contributed by atoms with E-state index in [0.29, 0.717) is 24.6 Å². The van der Waals surface area contributed by atoms with Crippen molar-refractivity contribution in [1.29, 1.82) is 0 Å². The van der Waals surface area contributed by atoms with Crippen LogP contribution in [0.15, 0.2) is 54.7 Å². The molecule has 0 aliphatic heterocycles. The standard InChI is InChI=1S/C26H31N3O/c1-17(2)10-25-24(6-5-9-28-25)21-12-19(4)13-22(14-21)26(30)29-16-23-11-18(3)7-8-20(23)15-27/h5-9,11-14,17H,10,15-16,27H2,1-4H3,(H,29,30). The molecule has 0 radical (unpaired) electrons. The number of hydrogen-bond acceptors (Lipinski definition) is 3. The first-order chi connectivity index (χ1) is 14.4. The Hall–Kier alpha value is -2.98. The first kappa shape index (κ1) is 21.7. The van der Waals surface area contributed by atoms with E-state index >= 15 is 0 Å². The number of nitrogens with two attached hydrogens (primary N) is 1. The molecule has 0 aliphatic rings. The minimum atomic E-state index is -0.0845. The molecule has 0 atom stereocenters. The van der Waals surface area contributed by atoms with Gasteiger partial charge in [-0.2, -0.15) is 0 Å². The third-order valence-electron chi connectivity index (χ3n) is 5.16. The number of amides is 1. The lowest BCUT2D eigenvalue weighted by molar-refractivity contribution is 0.0950. The van der Waals surface area contributed by atoms with E-state index in [4.69, 9.17) is 5.73 Å². The minimum Gasteiger partial charge on any atom is -0.348 e. The normalized spacial score (nSPS) is 11.0. The van der Waals surface area contributed by atoms with Crippen LogP contribution in [0.2, 0.25) is 0 Å². The maximum atomic E-state index is 12.9. The fourth-order valence-corrected chi connectivity index (χ4v) is 3.72. The van der Waals surface area contributed by atoms with Crippen LogP contribution in [0, 0.1) is 19.8 Å². The molecular weight excluding hydrogens is 370 g/mol. The molecule has 1 heterocycles. The van der Waals surface area contributed by atoms with Crippen LogP contribution in [0.25, 0.3) is 11.1 Å². The summed E-state index contributed by atoms with van der Waals surface area (Å²) in [5, 5.41) is 3.06. The van der Waals surface area contributed by atoms with Crippen molar-refractivity contribution in [3.05, 3.63) is 88.2 Å². The summed E-state index contributed by atoms with van der Waals surface area (Å²) in [7, 11) is 0. The molecule has 2 aromatic carbocycles. The van der Waals surface area contributed by atoms with E-state index in [1.54, 1.807) is 0 Å². The monoisotopic (exact) mass is 401 g/mol. The van der Waals surface area contributed by atoms with E-state index in [0.717, 1.165) is 45.5 Å². The molecule has 156 valence electrons. The Balaban J connectivity index is 1.86. The van der Waals surface area contributed by atoms with Crippen LogP contribution in [0.4, 0.5) is 0 Å². The van der Waals surface area contributed by atoms with Gasteiger partial charge in [-0.15, -0.1) is 0 Å². The van der Waals surface area contributed by atoms with E-state index in [1.165, 1.54) is 0 Å². The van der Waals surface area contributed by atoms with Gasteiger partial charge in [0.25, 0.3) is 5.91 Å². The number of aryl methyl sites for hydroxylation is 2. The molecule has 0 spiro atoms. The highest BCUT2D eigenvalue weighted by Crippen LogP contribution is 2.26. The smallest absolute Gasteiger partial charge is 0.251 e. The van der Waals surface area contributed by atoms with Crippen molar-refractivity contribution in [2.45, 2.75) is 47.2 Å². The van der Waals surface area contributed by atoms with E-state index in [-0.39, 0.29) is 5.91 Å². The molecule has 0 fully saturated rings. The number of carbonyl (C=O) groups is 1. The first-order valence-corrected chi connectivity index (χ1v) is 10.5. The fourth-order valence-electron chi connectivity index (χ4n) is 3.72. The largest absolute Gasteiger partial charge is 0.348 e. The number of carbonyl (C=O) groups excluding carboxylic acids is 1. The second-order valence-electron chi connectivity index (χ2n) is 8.34. The molecule has 3 aromatic rings. The average Bonchev–Trinajstić information content (AvgIpc) is 2.71. The number of hydrogen-bond donors (Lipinski definition) is 2. The Morgan fingerprint density at radius 3 is 2.57 bits per heavy atom. The second kappa shape index (κ2) is 9.68. The highest BCUT2D eigenvalue weighted by Gasteiger charge is 2.13. The third kappa shape index (κ3) is 5.33. The molecule has 0 saturated heterocycles. The molecule has 0 saturated carbocycles. The van der Waals surface area contributed by atoms with Crippen molar-refractivity contribution in [1.82, 2.24) is 10.3 Å². The molecule has 3 N–H and O–H groups in total. The molecule has 4 nitrogen and oxygen atoms in total. The molecule has 0 unspecified atom stereocenters. The van der Waals surface area contributed by atoms with Crippen molar-refractivity contribution in [3.63, 3.8) is 0 Å². The van der Waals surface area contributed by atoms with E-state index in [2.05, 4.69) is 42.3 Å². The molecule has 4 heteroatoms. The van der Waals surface area contributed by atoms with Crippen LogP contribution < -0.4 is 11.1 Å². The first-order valence-electron chi connectivity index (χ1n) is 10.5. The van der Waals surface area contributed by atoms with Gasteiger partial charge in [-0.05, 0) is 66.6 Å². The van der Waals surface area contributed by atoms with Crippen LogP contribution in [0.1, 0.15) is 52.2 Å². The fraction of sp³-hybridized carbons (Fsp3) is 0.308. The third-order valence-corrected chi connectivity index (χ3v) is 5.16. The van der Waals surface area contributed by atoms with Crippen LogP contribution in [0.3, 0.4) is 0 Å². The Kier molecular flexibility index (Phi) is 7.01. The summed E-state index contributed by atoms with van der Waals surface area (Å²) in [6.07, 6.45) is 2.74. The molecule has 3 rings (SSSR count). The summed E-state index contributed by atoms with van der Waals surface area (Å²) in [4.78, 5) is 17.5. The summed E-state index contributed by atoms with van der Waals surface area (Å²) in [5.41, 5.74) is 14.0. The molecule has 0 aliphatic carbocycles. The number of nitrogens with one attached hydrogen (secondary N) is 1. The average molecular weight is 402 g/mol. The van der Waals surface area contributed by atoms with Crippen LogP contribution in [-0.4, -0.2) is 10.9 Å². The SMILES string of the molecule is Cc1cc(C(=O)NCc2cc(C)ccc2CN)cc(-c2cccnc2CC(C)C)c1. The van der Waals surface area contributed by atoms with Crippen molar-refractivity contribution < 1.29 is 4.79 Å². The highest BCUT2D eigenvalue weighted by atomic mass is 16.1. The topological polar surface area (TPSA) is 68.0 Å². The van der Waals surface area contributed by atoms with E-state index in [9.17, 15) is 4.79 Å². The van der Waals surface area contributed by atoms with Gasteiger partial charge in [0.2, 0.25) is 0 Å². The molecular formula is C26H31N3O. The Morgan fingerprint density at radius 2 is 1.83 bits per heavy atom. The quantitative estimate of drug-likeness (QED) is 0.588. The van der Waals surface area contributed by atoms with Gasteiger partial charge >= 0.3 is 0 Å². The van der Waals surface area contributed by atoms with Gasteiger partial charge in [0, 0.05) is 36.1 Å². The Morgan fingerprint density at radius 1 is 1.03 bits per heavy atom. The van der Waals surface area contributed by atoms with Crippen LogP contribution in [-0.2, 0) is 19.5 Å². The van der Waals surface area contributed by atoms with E-state index < -0.39 is 0 Å². The van der Waals surface area contributed by atoms with Gasteiger partial charge in [0.1, 0.15) is 0 Å². The predicted molar refractivity (Wildman–Crippen MR) is 123 cm³/mol. The van der Waals surface area contributed by atoms with Crippen LogP contribution in [0.5, 0.6) is 0 Å². The maximum absolute atomic E-state index is 12.9. The zero-order chi connectivity index (χ0) is 21.7. The summed E-state index contributed by atoms with van der Waals surface area (Å²) in [6, 6.07) is 16.2. The number of nitrogens with zero attached hydrogens (tertiary/aromatic N) is 1. The lowest BCUT2D eigenvalue weighted by Crippen LogP contribution is -2.24. The lowest BCUT2D eigenvalue weighted by atomic mass is 9.95. The predicted octanol–water partition coefficient (Wildman–Crippen LogP) is 4.95. The lowest BCUT2D eigenvalue weighted by Gasteiger charge is -2.14. The summed E-state index contributed by atoms with van der Waals surface area (Å²) < 4.78 is 0. The number of benzene rings is 2. The van der Waals surface area contributed by atoms with Gasteiger partial charge < -0.3 is 11.1 Å². The zero-order valence-corrected chi connectivity index (χ0v) is 18.3. The van der Waals surface area contributed by atoms with Crippen molar-refractivity contribution in [2.75, 3.05) is 0 Å². The summed E-state index contributed by atoms with van der Waals surface area (Å²) in [5.74, 6) is 0.427. The van der Waals surface area contributed by atoms with Gasteiger partial charge in [-0.25, -0.2) is 0 Å². The Bertz CT molecular complexity index is 1040. The van der Waals surface area contributed by atoms with Crippen LogP contribution >= 0.6 is 0 Å². The van der Waals surface area contributed by atoms with Crippen molar-refractivity contribution >= 4 is 5.91 Å². The molecule has 0 bridgehead atoms. The van der Waals surface area contributed by atoms with Gasteiger partial charge in [-0.3, -0.25) is 9.78 Å². The van der Waals surface area contributed by atoms with Gasteiger partial charge in [0.15, 0.2) is 0 Å². The minimum absolute atomic E-state index is 0.0845. The number of rotatable bonds is 7. The maximum Gasteiger partial charge on any atom is 0.251 e. The Labute approximate surface area is 179 Å². The molecule has 1 aromatic heterocycles. The number of pyridine rings is 1. The number of aromatic nitrogens is 1. The highest BCUT2D eigenvalue weighted by molar-refractivity contribution is 5.95. The van der Waals surface area contributed by atoms with Crippen molar-refractivity contribution in [3.8, 4) is 11.1 Å². The van der Waals surface area contributed by atoms with Gasteiger partial charge in [0.05, 0.1) is 0 Å². The second-order valence-corrected chi connectivity index (χ2v) is 8.34. The van der Waals surface area contributed by atoms with Crippen molar-refractivity contribution in [2.24, 2.45) is 11.7 Å².